The molecule has 0 aromatic carbocycles. The van der Waals surface area contributed by atoms with Gasteiger partial charge in [0, 0.05) is 25.6 Å². The monoisotopic (exact) mass is 249 g/mol. The first-order valence-corrected chi connectivity index (χ1v) is 6.60. The Hall–Kier alpha value is -0.430. The van der Waals surface area contributed by atoms with Gasteiger partial charge in [-0.3, -0.25) is 0 Å². The Kier molecular flexibility index (Phi) is 4.12. The summed E-state index contributed by atoms with van der Waals surface area (Å²) in [6.45, 7) is 8.08. The van der Waals surface area contributed by atoms with Gasteiger partial charge in [-0.25, -0.2) is 8.42 Å². The molecule has 16 heavy (non-hydrogen) atoms. The molecule has 1 aliphatic rings. The molecule has 1 heterocycles. The van der Waals surface area contributed by atoms with Crippen LogP contribution in [0.1, 0.15) is 13.8 Å². The Bertz CT molecular complexity index is 350. The van der Waals surface area contributed by atoms with E-state index in [4.69, 9.17) is 9.47 Å². The molecule has 0 N–H and O–H groups in total. The number of rotatable bonds is 4. The Morgan fingerprint density at radius 3 is 2.75 bits per heavy atom. The van der Waals surface area contributed by atoms with Crippen LogP contribution in [-0.4, -0.2) is 51.2 Å². The number of hydrogen-bond acceptors (Lipinski definition) is 4. The molecule has 0 unspecified atom stereocenters. The van der Waals surface area contributed by atoms with Gasteiger partial charge in [0.2, 0.25) is 10.0 Å². The van der Waals surface area contributed by atoms with E-state index in [1.54, 1.807) is 7.11 Å². The number of sulfonamides is 1. The van der Waals surface area contributed by atoms with Crippen molar-refractivity contribution in [2.45, 2.75) is 25.6 Å². The second kappa shape index (κ2) is 4.83. The zero-order valence-corrected chi connectivity index (χ0v) is 10.8. The molecular formula is C10H19NO4S. The molecule has 94 valence electrons. The van der Waals surface area contributed by atoms with Crippen molar-refractivity contribution in [3.8, 4) is 0 Å². The quantitative estimate of drug-likeness (QED) is 0.731. The average molecular weight is 249 g/mol. The molecule has 0 saturated carbocycles. The molecule has 1 atom stereocenters. The third-order valence-electron chi connectivity index (χ3n) is 2.37. The Balaban J connectivity index is 2.84. The van der Waals surface area contributed by atoms with E-state index in [0.29, 0.717) is 19.7 Å². The maximum atomic E-state index is 11.7. The highest BCUT2D eigenvalue weighted by atomic mass is 32.2. The van der Waals surface area contributed by atoms with E-state index in [1.165, 1.54) is 4.31 Å². The van der Waals surface area contributed by atoms with E-state index in [0.717, 1.165) is 5.41 Å². The lowest BCUT2D eigenvalue weighted by molar-refractivity contribution is -0.135. The number of nitrogens with zero attached hydrogens (tertiary/aromatic N) is 1. The minimum absolute atomic E-state index is 0.233. The first-order chi connectivity index (χ1) is 7.30. The third kappa shape index (κ3) is 3.28. The molecule has 6 heteroatoms. The number of hydrogen-bond donors (Lipinski definition) is 0. The molecule has 1 aliphatic heterocycles. The number of morpholine rings is 1. The molecular weight excluding hydrogens is 230 g/mol. The summed E-state index contributed by atoms with van der Waals surface area (Å²) in [4.78, 5) is 0. The lowest BCUT2D eigenvalue weighted by Gasteiger charge is -2.41. The lowest BCUT2D eigenvalue weighted by Crippen LogP contribution is -2.55. The largest absolute Gasteiger partial charge is 0.382 e. The molecule has 0 aromatic rings. The van der Waals surface area contributed by atoms with Crippen molar-refractivity contribution < 1.29 is 17.9 Å². The van der Waals surface area contributed by atoms with Crippen LogP contribution in [0.25, 0.3) is 0 Å². The van der Waals surface area contributed by atoms with Crippen molar-refractivity contribution in [2.24, 2.45) is 0 Å². The van der Waals surface area contributed by atoms with Crippen LogP contribution in [0, 0.1) is 0 Å². The van der Waals surface area contributed by atoms with Gasteiger partial charge in [0.1, 0.15) is 0 Å². The van der Waals surface area contributed by atoms with E-state index in [1.807, 2.05) is 13.8 Å². The standard InChI is InChI=1S/C10H19NO4S/c1-5-16(12,13)11-6-9(7-14-4)15-10(2,3)8-11/h5,9H,1,6-8H2,2-4H3/t9-/m1/s1. The third-order valence-corrected chi connectivity index (χ3v) is 3.79. The Morgan fingerprint density at radius 1 is 1.62 bits per heavy atom. The van der Waals surface area contributed by atoms with Gasteiger partial charge in [0.25, 0.3) is 0 Å². The van der Waals surface area contributed by atoms with Crippen LogP contribution in [0.3, 0.4) is 0 Å². The summed E-state index contributed by atoms with van der Waals surface area (Å²) in [5.74, 6) is 0. The predicted molar refractivity (Wildman–Crippen MR) is 61.5 cm³/mol. The smallest absolute Gasteiger partial charge is 0.235 e. The van der Waals surface area contributed by atoms with Crippen LogP contribution in [0.15, 0.2) is 12.0 Å². The van der Waals surface area contributed by atoms with Gasteiger partial charge < -0.3 is 9.47 Å². The van der Waals surface area contributed by atoms with Crippen LogP contribution < -0.4 is 0 Å². The predicted octanol–water partition coefficient (Wildman–Crippen LogP) is 0.585. The zero-order valence-electron chi connectivity index (χ0n) is 9.97. The molecule has 0 spiro atoms. The van der Waals surface area contributed by atoms with Crippen LogP contribution in [-0.2, 0) is 19.5 Å². The number of methoxy groups -OCH3 is 1. The van der Waals surface area contributed by atoms with Crippen molar-refractivity contribution in [2.75, 3.05) is 26.8 Å². The highest BCUT2D eigenvalue weighted by Gasteiger charge is 2.37. The van der Waals surface area contributed by atoms with Crippen LogP contribution >= 0.6 is 0 Å². The summed E-state index contributed by atoms with van der Waals surface area (Å²) in [6, 6.07) is 0. The lowest BCUT2D eigenvalue weighted by atomic mass is 10.1. The molecule has 5 nitrogen and oxygen atoms in total. The second-order valence-corrected chi connectivity index (χ2v) is 6.34. The van der Waals surface area contributed by atoms with E-state index in [-0.39, 0.29) is 6.10 Å². The summed E-state index contributed by atoms with van der Waals surface area (Å²) in [5.41, 5.74) is -0.502. The van der Waals surface area contributed by atoms with Crippen molar-refractivity contribution in [1.82, 2.24) is 4.31 Å². The maximum absolute atomic E-state index is 11.7. The van der Waals surface area contributed by atoms with Crippen molar-refractivity contribution in [3.05, 3.63) is 12.0 Å². The van der Waals surface area contributed by atoms with Gasteiger partial charge in [-0.2, -0.15) is 4.31 Å². The highest BCUT2D eigenvalue weighted by molar-refractivity contribution is 7.92. The zero-order chi connectivity index (χ0) is 12.4. The topological polar surface area (TPSA) is 55.8 Å². The van der Waals surface area contributed by atoms with E-state index < -0.39 is 15.6 Å². The van der Waals surface area contributed by atoms with E-state index >= 15 is 0 Å². The SMILES string of the molecule is C=CS(=O)(=O)N1C[C@H](COC)OC(C)(C)C1. The van der Waals surface area contributed by atoms with Crippen LogP contribution in [0.5, 0.6) is 0 Å². The first kappa shape index (κ1) is 13.6. The first-order valence-electron chi connectivity index (χ1n) is 5.10. The van der Waals surface area contributed by atoms with Gasteiger partial charge >= 0.3 is 0 Å². The minimum atomic E-state index is -3.38. The molecule has 0 amide bonds. The van der Waals surface area contributed by atoms with Crippen LogP contribution in [0.4, 0.5) is 0 Å². The fraction of sp³-hybridized carbons (Fsp3) is 0.800. The van der Waals surface area contributed by atoms with Crippen LogP contribution in [0.2, 0.25) is 0 Å². The van der Waals surface area contributed by atoms with Gasteiger partial charge in [-0.1, -0.05) is 6.58 Å². The average Bonchev–Trinajstić information content (AvgIpc) is 2.16. The van der Waals surface area contributed by atoms with Gasteiger partial charge in [0.15, 0.2) is 0 Å². The fourth-order valence-corrected chi connectivity index (χ4v) is 2.89. The van der Waals surface area contributed by atoms with Gasteiger partial charge in [0.05, 0.1) is 18.3 Å². The van der Waals surface area contributed by atoms with Gasteiger partial charge in [-0.15, -0.1) is 0 Å². The molecule has 0 radical (unpaired) electrons. The van der Waals surface area contributed by atoms with Crippen molar-refractivity contribution in [1.29, 1.82) is 0 Å². The normalized spacial score (nSPS) is 26.6. The molecule has 1 fully saturated rings. The molecule has 1 rings (SSSR count). The summed E-state index contributed by atoms with van der Waals surface area (Å²) < 4.78 is 35.5. The summed E-state index contributed by atoms with van der Waals surface area (Å²) in [7, 11) is -1.82. The molecule has 1 saturated heterocycles. The highest BCUT2D eigenvalue weighted by Crippen LogP contribution is 2.23. The summed E-state index contributed by atoms with van der Waals surface area (Å²) >= 11 is 0. The Morgan fingerprint density at radius 2 is 2.25 bits per heavy atom. The number of ether oxygens (including phenoxy) is 2. The minimum Gasteiger partial charge on any atom is -0.382 e. The summed E-state index contributed by atoms with van der Waals surface area (Å²) in [5, 5.41) is 0.970. The van der Waals surface area contributed by atoms with Gasteiger partial charge in [-0.05, 0) is 13.8 Å². The summed E-state index contributed by atoms with van der Waals surface area (Å²) in [6.07, 6.45) is -0.233. The Labute approximate surface area is 97.1 Å². The fourth-order valence-electron chi connectivity index (χ4n) is 1.81. The van der Waals surface area contributed by atoms with Crippen molar-refractivity contribution >= 4 is 10.0 Å². The van der Waals surface area contributed by atoms with Crippen molar-refractivity contribution in [3.63, 3.8) is 0 Å². The molecule has 0 aliphatic carbocycles. The second-order valence-electron chi connectivity index (χ2n) is 4.46. The molecule has 0 bridgehead atoms. The molecule has 0 aromatic heterocycles. The van der Waals surface area contributed by atoms with E-state index in [2.05, 4.69) is 6.58 Å². The van der Waals surface area contributed by atoms with E-state index in [9.17, 15) is 8.42 Å². The maximum Gasteiger partial charge on any atom is 0.235 e.